The number of carbonyl (C=O) groups excluding carboxylic acids is 1. The van der Waals surface area contributed by atoms with Gasteiger partial charge in [0.15, 0.2) is 0 Å². The van der Waals surface area contributed by atoms with Crippen molar-refractivity contribution in [3.8, 4) is 33.6 Å². The first kappa shape index (κ1) is 30.4. The van der Waals surface area contributed by atoms with Crippen molar-refractivity contribution < 1.29 is 19.4 Å². The summed E-state index contributed by atoms with van der Waals surface area (Å²) in [5.41, 5.74) is 6.99. The Labute approximate surface area is 283 Å². The molecule has 2 atom stereocenters. The number of nitrogens with zero attached hydrogens (tertiary/aromatic N) is 4. The summed E-state index contributed by atoms with van der Waals surface area (Å²) < 4.78 is 5.61. The molecule has 3 N–H and O–H groups in total. The molecular weight excluding hydrogens is 616 g/mol. The average Bonchev–Trinajstić information content (AvgIpc) is 3.97. The van der Waals surface area contributed by atoms with Crippen LogP contribution in [0.25, 0.3) is 44.4 Å². The van der Waals surface area contributed by atoms with Crippen LogP contribution in [0.15, 0.2) is 103 Å². The lowest BCUT2D eigenvalue weighted by Crippen LogP contribution is -2.31. The Hall–Kier alpha value is -5.90. The van der Waals surface area contributed by atoms with E-state index in [0.29, 0.717) is 18.9 Å². The van der Waals surface area contributed by atoms with Crippen molar-refractivity contribution in [1.29, 1.82) is 0 Å². The molecule has 2 amide bonds. The molecule has 8 rings (SSSR count). The van der Waals surface area contributed by atoms with Gasteiger partial charge in [-0.3, -0.25) is 9.80 Å². The number of aromatic nitrogens is 4. The molecule has 0 radical (unpaired) electrons. The highest BCUT2D eigenvalue weighted by Crippen LogP contribution is 2.35. The average molecular weight is 653 g/mol. The monoisotopic (exact) mass is 652 g/mol. The van der Waals surface area contributed by atoms with E-state index >= 15 is 0 Å². The summed E-state index contributed by atoms with van der Waals surface area (Å²) in [4.78, 5) is 43.8. The molecule has 2 aliphatic rings. The zero-order valence-corrected chi connectivity index (χ0v) is 26.9. The van der Waals surface area contributed by atoms with Crippen LogP contribution in [-0.2, 0) is 11.3 Å². The predicted molar refractivity (Wildman–Crippen MR) is 187 cm³/mol. The molecule has 2 saturated heterocycles. The maximum absolute atomic E-state index is 12.9. The van der Waals surface area contributed by atoms with Crippen LogP contribution in [0.4, 0.5) is 9.59 Å². The van der Waals surface area contributed by atoms with Crippen LogP contribution in [0.1, 0.15) is 55.0 Å². The summed E-state index contributed by atoms with van der Waals surface area (Å²) in [7, 11) is 0. The first-order valence-corrected chi connectivity index (χ1v) is 16.7. The second-order valence-electron chi connectivity index (χ2n) is 12.7. The van der Waals surface area contributed by atoms with Gasteiger partial charge in [0.25, 0.3) is 0 Å². The molecule has 2 unspecified atom stereocenters. The molecule has 0 aliphatic carbocycles. The maximum Gasteiger partial charge on any atom is 0.410 e. The topological polar surface area (TPSA) is 127 Å². The van der Waals surface area contributed by atoms with Crippen LogP contribution >= 0.6 is 0 Å². The molecule has 0 spiro atoms. The highest BCUT2D eigenvalue weighted by atomic mass is 16.6. The Kier molecular flexibility index (Phi) is 8.04. The Morgan fingerprint density at radius 3 is 1.92 bits per heavy atom. The molecule has 49 heavy (non-hydrogen) atoms. The Bertz CT molecular complexity index is 2120. The molecule has 246 valence electrons. The minimum Gasteiger partial charge on any atom is -0.465 e. The summed E-state index contributed by atoms with van der Waals surface area (Å²) in [6.07, 6.45) is 5.76. The molecule has 2 fully saturated rings. The third kappa shape index (κ3) is 6.13. The lowest BCUT2D eigenvalue weighted by Gasteiger charge is -2.22. The zero-order valence-electron chi connectivity index (χ0n) is 26.9. The summed E-state index contributed by atoms with van der Waals surface area (Å²) in [6.45, 7) is 1.43. The number of rotatable bonds is 7. The molecule has 4 heterocycles. The number of carboxylic acid groups (broad SMARTS) is 1. The van der Waals surface area contributed by atoms with E-state index in [0.717, 1.165) is 81.5 Å². The molecule has 0 bridgehead atoms. The van der Waals surface area contributed by atoms with Crippen molar-refractivity contribution >= 4 is 23.0 Å². The predicted octanol–water partition coefficient (Wildman–Crippen LogP) is 8.58. The number of H-pyrrole nitrogens is 2. The van der Waals surface area contributed by atoms with Gasteiger partial charge < -0.3 is 19.8 Å². The van der Waals surface area contributed by atoms with Crippen molar-refractivity contribution in [3.05, 3.63) is 121 Å². The lowest BCUT2D eigenvalue weighted by atomic mass is 9.98. The van der Waals surface area contributed by atoms with Crippen LogP contribution in [0.3, 0.4) is 0 Å². The van der Waals surface area contributed by atoms with E-state index in [1.807, 2.05) is 36.5 Å². The van der Waals surface area contributed by atoms with Gasteiger partial charge in [-0.05, 0) is 70.8 Å². The van der Waals surface area contributed by atoms with Crippen LogP contribution in [-0.4, -0.2) is 60.1 Å². The maximum atomic E-state index is 12.9. The number of carbonyl (C=O) groups is 2. The second kappa shape index (κ2) is 13.0. The lowest BCUT2D eigenvalue weighted by molar-refractivity contribution is 0.0909. The number of likely N-dealkylation sites (tertiary alicyclic amines) is 2. The van der Waals surface area contributed by atoms with Gasteiger partial charge >= 0.3 is 12.2 Å². The van der Waals surface area contributed by atoms with Crippen LogP contribution < -0.4 is 0 Å². The smallest absolute Gasteiger partial charge is 0.410 e. The van der Waals surface area contributed by atoms with E-state index in [-0.39, 0.29) is 24.8 Å². The Balaban J connectivity index is 0.942. The highest BCUT2D eigenvalue weighted by Gasteiger charge is 2.33. The third-order valence-electron chi connectivity index (χ3n) is 9.69. The molecular formula is C39H36N6O4. The largest absolute Gasteiger partial charge is 0.465 e. The highest BCUT2D eigenvalue weighted by molar-refractivity contribution is 5.90. The van der Waals surface area contributed by atoms with Gasteiger partial charge in [-0.25, -0.2) is 19.6 Å². The van der Waals surface area contributed by atoms with E-state index < -0.39 is 6.09 Å². The first-order chi connectivity index (χ1) is 24.0. The summed E-state index contributed by atoms with van der Waals surface area (Å²) in [6, 6.07) is 30.5. The fraction of sp³-hybridized carbons (Fsp3) is 0.231. The SMILES string of the molecule is O=C(O)N1CCCC1c1ncc(-c2ccc3cc(-c4ccc(-c5cnc(C6CCCN6C(=O)OCc6ccccc6)[nH]5)cc4)ccc3c2)[nH]1. The van der Waals surface area contributed by atoms with Gasteiger partial charge in [0, 0.05) is 18.7 Å². The Morgan fingerprint density at radius 2 is 1.24 bits per heavy atom. The number of hydrogen-bond acceptors (Lipinski definition) is 5. The number of aromatic amines is 2. The van der Waals surface area contributed by atoms with Gasteiger partial charge in [0.2, 0.25) is 0 Å². The number of amides is 2. The molecule has 0 saturated carbocycles. The molecule has 2 aromatic heterocycles. The molecule has 10 heteroatoms. The van der Waals surface area contributed by atoms with Crippen molar-refractivity contribution in [2.45, 2.75) is 44.4 Å². The number of ether oxygens (including phenoxy) is 1. The molecule has 4 aromatic carbocycles. The normalized spacial score (nSPS) is 17.6. The van der Waals surface area contributed by atoms with E-state index in [2.05, 4.69) is 80.6 Å². The van der Waals surface area contributed by atoms with Crippen LogP contribution in [0.5, 0.6) is 0 Å². The molecule has 10 nitrogen and oxygen atoms in total. The minimum atomic E-state index is -0.904. The van der Waals surface area contributed by atoms with Crippen molar-refractivity contribution in [2.75, 3.05) is 13.1 Å². The van der Waals surface area contributed by atoms with Crippen molar-refractivity contribution in [2.24, 2.45) is 0 Å². The number of benzene rings is 4. The zero-order chi connectivity index (χ0) is 33.3. The third-order valence-corrected chi connectivity index (χ3v) is 9.69. The van der Waals surface area contributed by atoms with Crippen molar-refractivity contribution in [1.82, 2.24) is 29.7 Å². The van der Waals surface area contributed by atoms with E-state index in [1.54, 1.807) is 11.1 Å². The summed E-state index contributed by atoms with van der Waals surface area (Å²) in [5, 5.41) is 11.8. The number of nitrogens with one attached hydrogen (secondary N) is 2. The van der Waals surface area contributed by atoms with E-state index in [9.17, 15) is 14.7 Å². The fourth-order valence-corrected chi connectivity index (χ4v) is 7.09. The second-order valence-corrected chi connectivity index (χ2v) is 12.7. The molecule has 2 aliphatic heterocycles. The minimum absolute atomic E-state index is 0.140. The Morgan fingerprint density at radius 1 is 0.694 bits per heavy atom. The summed E-state index contributed by atoms with van der Waals surface area (Å²) >= 11 is 0. The van der Waals surface area contributed by atoms with Gasteiger partial charge in [-0.2, -0.15) is 0 Å². The quantitative estimate of drug-likeness (QED) is 0.159. The van der Waals surface area contributed by atoms with E-state index in [4.69, 9.17) is 4.74 Å². The van der Waals surface area contributed by atoms with Gasteiger partial charge in [-0.1, -0.05) is 78.9 Å². The molecule has 6 aromatic rings. The number of fused-ring (bicyclic) bond motifs is 1. The number of hydrogen-bond donors (Lipinski definition) is 3. The standard InChI is InChI=1S/C39H36N6O4/c46-38(47)44-18-4-8-34(44)36-41-23-33(43-36)31-17-16-29-20-28(14-15-30(29)21-31)26-10-12-27(13-11-26)32-22-40-37(42-32)35-9-5-19-45(35)39(48)49-24-25-6-2-1-3-7-25/h1-3,6-7,10-17,20-23,34-35H,4-5,8-9,18-19,24H2,(H,40,42)(H,41,43)(H,46,47). The van der Waals surface area contributed by atoms with Crippen molar-refractivity contribution in [3.63, 3.8) is 0 Å². The number of imidazole rings is 2. The summed E-state index contributed by atoms with van der Waals surface area (Å²) in [5.74, 6) is 1.47. The van der Waals surface area contributed by atoms with Crippen LogP contribution in [0, 0.1) is 0 Å². The van der Waals surface area contributed by atoms with E-state index in [1.165, 1.54) is 4.90 Å². The first-order valence-electron chi connectivity index (χ1n) is 16.7. The fourth-order valence-electron chi connectivity index (χ4n) is 7.09. The van der Waals surface area contributed by atoms with Gasteiger partial charge in [-0.15, -0.1) is 0 Å². The van der Waals surface area contributed by atoms with Gasteiger partial charge in [0.1, 0.15) is 18.3 Å². The van der Waals surface area contributed by atoms with Crippen LogP contribution in [0.2, 0.25) is 0 Å². The van der Waals surface area contributed by atoms with Gasteiger partial charge in [0.05, 0.1) is 35.9 Å².